The fraction of sp³-hybridized carbons (Fsp3) is 0.667. The van der Waals surface area contributed by atoms with Crippen molar-refractivity contribution < 1.29 is 0 Å². The van der Waals surface area contributed by atoms with Gasteiger partial charge in [-0.2, -0.15) is 4.37 Å². The van der Waals surface area contributed by atoms with E-state index in [9.17, 15) is 0 Å². The van der Waals surface area contributed by atoms with E-state index in [1.54, 1.807) is 0 Å². The zero-order chi connectivity index (χ0) is 7.78. The van der Waals surface area contributed by atoms with Crippen molar-refractivity contribution in [2.75, 3.05) is 0 Å². The molecule has 10 heavy (non-hydrogen) atoms. The molecule has 1 rings (SSSR count). The lowest BCUT2D eigenvalue weighted by Crippen LogP contribution is -2.15. The molecule has 0 amide bonds. The first-order valence-corrected chi connectivity index (χ1v) is 4.08. The minimum atomic E-state index is 0.102. The van der Waals surface area contributed by atoms with Gasteiger partial charge in [-0.1, -0.05) is 20.8 Å². The molecule has 0 bridgehead atoms. The first-order chi connectivity index (χ1) is 4.50. The summed E-state index contributed by atoms with van der Waals surface area (Å²) in [5.41, 5.74) is 0.102. The van der Waals surface area contributed by atoms with Gasteiger partial charge in [-0.15, -0.1) is 0 Å². The summed E-state index contributed by atoms with van der Waals surface area (Å²) >= 11 is 1.47. The molecule has 0 aliphatic heterocycles. The number of hydrogen-bond donors (Lipinski definition) is 0. The predicted molar refractivity (Wildman–Crippen MR) is 46.8 cm³/mol. The van der Waals surface area contributed by atoms with Crippen LogP contribution in [0.2, 0.25) is 0 Å². The van der Waals surface area contributed by atoms with Crippen molar-refractivity contribution in [3.05, 3.63) is 5.82 Å². The van der Waals surface area contributed by atoms with Gasteiger partial charge in [0.25, 0.3) is 0 Å². The topological polar surface area (TPSA) is 25.8 Å². The lowest BCUT2D eigenvalue weighted by atomic mass is 9.96. The zero-order valence-corrected chi connectivity index (χ0v) is 7.62. The SMILES string of the molecule is Bc1nc(C(C)(C)C)ns1. The fourth-order valence-corrected chi connectivity index (χ4v) is 1.26. The van der Waals surface area contributed by atoms with Crippen LogP contribution in [0.4, 0.5) is 0 Å². The van der Waals surface area contributed by atoms with Crippen molar-refractivity contribution in [1.82, 2.24) is 9.36 Å². The van der Waals surface area contributed by atoms with E-state index in [0.29, 0.717) is 0 Å². The highest BCUT2D eigenvalue weighted by molar-refractivity contribution is 7.14. The van der Waals surface area contributed by atoms with E-state index in [1.807, 2.05) is 7.85 Å². The highest BCUT2D eigenvalue weighted by atomic mass is 32.1. The minimum Gasteiger partial charge on any atom is -0.235 e. The molecule has 0 N–H and O–H groups in total. The van der Waals surface area contributed by atoms with E-state index in [4.69, 9.17) is 0 Å². The van der Waals surface area contributed by atoms with Crippen LogP contribution in [0.1, 0.15) is 26.6 Å². The van der Waals surface area contributed by atoms with Crippen LogP contribution < -0.4 is 4.91 Å². The van der Waals surface area contributed by atoms with Crippen LogP contribution in [-0.2, 0) is 5.41 Å². The van der Waals surface area contributed by atoms with E-state index in [2.05, 4.69) is 30.1 Å². The second kappa shape index (κ2) is 2.34. The van der Waals surface area contributed by atoms with Crippen LogP contribution in [0.3, 0.4) is 0 Å². The molecule has 0 saturated heterocycles. The lowest BCUT2D eigenvalue weighted by Gasteiger charge is -2.11. The Labute approximate surface area is 66.3 Å². The van der Waals surface area contributed by atoms with Crippen LogP contribution in [0.15, 0.2) is 0 Å². The average molecular weight is 154 g/mol. The Balaban J connectivity index is 2.96. The second-order valence-corrected chi connectivity index (χ2v) is 4.34. The van der Waals surface area contributed by atoms with Crippen molar-refractivity contribution >= 4 is 24.3 Å². The minimum absolute atomic E-state index is 0.102. The third-order valence-corrected chi connectivity index (χ3v) is 1.82. The smallest absolute Gasteiger partial charge is 0.179 e. The molecule has 0 unspecified atom stereocenters. The molecule has 0 aliphatic rings. The molecule has 4 heteroatoms. The summed E-state index contributed by atoms with van der Waals surface area (Å²) in [6.45, 7) is 6.36. The fourth-order valence-electron chi connectivity index (χ4n) is 0.604. The van der Waals surface area contributed by atoms with Gasteiger partial charge in [0.1, 0.15) is 5.82 Å². The molecular weight excluding hydrogens is 143 g/mol. The predicted octanol–water partition coefficient (Wildman–Crippen LogP) is 0.0940. The maximum atomic E-state index is 4.29. The third-order valence-electron chi connectivity index (χ3n) is 1.20. The second-order valence-electron chi connectivity index (χ2n) is 3.39. The lowest BCUT2D eigenvalue weighted by molar-refractivity contribution is 0.556. The molecule has 1 heterocycles. The first kappa shape index (κ1) is 7.73. The Hall–Kier alpha value is -0.375. The molecule has 1 aromatic heterocycles. The van der Waals surface area contributed by atoms with Gasteiger partial charge in [0, 0.05) is 5.41 Å². The summed E-state index contributed by atoms with van der Waals surface area (Å²) in [5, 5.41) is 0. The summed E-state index contributed by atoms with van der Waals surface area (Å²) < 4.78 is 4.22. The van der Waals surface area contributed by atoms with E-state index >= 15 is 0 Å². The Morgan fingerprint density at radius 2 is 2.00 bits per heavy atom. The number of hydrogen-bond acceptors (Lipinski definition) is 3. The molecular formula is C6H11BN2S. The number of nitrogens with zero attached hydrogens (tertiary/aromatic N) is 2. The van der Waals surface area contributed by atoms with Gasteiger partial charge in [0.05, 0.1) is 4.91 Å². The van der Waals surface area contributed by atoms with Gasteiger partial charge in [0.15, 0.2) is 7.85 Å². The van der Waals surface area contributed by atoms with Gasteiger partial charge in [0.2, 0.25) is 0 Å². The van der Waals surface area contributed by atoms with Gasteiger partial charge < -0.3 is 0 Å². The first-order valence-electron chi connectivity index (χ1n) is 3.31. The largest absolute Gasteiger partial charge is 0.235 e. The Kier molecular flexibility index (Phi) is 1.81. The van der Waals surface area contributed by atoms with Gasteiger partial charge in [-0.05, 0) is 11.5 Å². The van der Waals surface area contributed by atoms with Crippen molar-refractivity contribution in [2.24, 2.45) is 0 Å². The van der Waals surface area contributed by atoms with Crippen LogP contribution >= 0.6 is 11.5 Å². The molecule has 1 aromatic rings. The summed E-state index contributed by atoms with van der Waals surface area (Å²) in [5.74, 6) is 0.954. The van der Waals surface area contributed by atoms with Crippen molar-refractivity contribution in [3.63, 3.8) is 0 Å². The van der Waals surface area contributed by atoms with Gasteiger partial charge >= 0.3 is 0 Å². The molecule has 0 atom stereocenters. The standard InChI is InChI=1S/C6H11BN2S/c1-6(2,3)4-8-5(7)10-9-4/h7H2,1-3H3. The zero-order valence-electron chi connectivity index (χ0n) is 6.80. The molecule has 0 fully saturated rings. The highest BCUT2D eigenvalue weighted by Gasteiger charge is 2.17. The molecule has 0 saturated carbocycles. The van der Waals surface area contributed by atoms with Crippen LogP contribution in [0.5, 0.6) is 0 Å². The summed E-state index contributed by atoms with van der Waals surface area (Å²) in [6, 6.07) is 0. The third kappa shape index (κ3) is 1.56. The Bertz CT molecular complexity index is 226. The Morgan fingerprint density at radius 3 is 2.20 bits per heavy atom. The molecule has 0 aromatic carbocycles. The summed E-state index contributed by atoms with van der Waals surface area (Å²) in [7, 11) is 1.98. The van der Waals surface area contributed by atoms with E-state index < -0.39 is 0 Å². The molecule has 0 aliphatic carbocycles. The highest BCUT2D eigenvalue weighted by Crippen LogP contribution is 2.16. The molecule has 0 radical (unpaired) electrons. The monoisotopic (exact) mass is 154 g/mol. The summed E-state index contributed by atoms with van der Waals surface area (Å²) in [4.78, 5) is 5.34. The van der Waals surface area contributed by atoms with Crippen molar-refractivity contribution in [2.45, 2.75) is 26.2 Å². The van der Waals surface area contributed by atoms with Crippen LogP contribution in [0, 0.1) is 0 Å². The maximum Gasteiger partial charge on any atom is 0.179 e. The van der Waals surface area contributed by atoms with Crippen molar-refractivity contribution in [1.29, 1.82) is 0 Å². The summed E-state index contributed by atoms with van der Waals surface area (Å²) in [6.07, 6.45) is 0. The maximum absolute atomic E-state index is 4.29. The van der Waals surface area contributed by atoms with Crippen molar-refractivity contribution in [3.8, 4) is 0 Å². The molecule has 0 spiro atoms. The molecule has 54 valence electrons. The normalized spacial score (nSPS) is 11.9. The quantitative estimate of drug-likeness (QED) is 0.495. The van der Waals surface area contributed by atoms with Crippen LogP contribution in [0.25, 0.3) is 0 Å². The number of rotatable bonds is 0. The average Bonchev–Trinajstić information content (AvgIpc) is 2.11. The van der Waals surface area contributed by atoms with E-state index in [-0.39, 0.29) is 5.41 Å². The molecule has 2 nitrogen and oxygen atoms in total. The number of aromatic nitrogens is 2. The van der Waals surface area contributed by atoms with Crippen LogP contribution in [-0.4, -0.2) is 17.2 Å². The van der Waals surface area contributed by atoms with Gasteiger partial charge in [-0.25, -0.2) is 4.98 Å². The Morgan fingerprint density at radius 1 is 1.40 bits per heavy atom. The van der Waals surface area contributed by atoms with Gasteiger partial charge in [-0.3, -0.25) is 0 Å². The van der Waals surface area contributed by atoms with E-state index in [1.165, 1.54) is 11.5 Å². The van der Waals surface area contributed by atoms with E-state index in [0.717, 1.165) is 10.7 Å².